The number of nitrogen functional groups attached to an aromatic ring is 1. The van der Waals surface area contributed by atoms with Crippen LogP contribution in [0, 0.1) is 13.8 Å². The number of nitrogens with two attached hydrogens (primary N) is 1. The summed E-state index contributed by atoms with van der Waals surface area (Å²) in [5.74, 6) is 1.51. The molecule has 0 fully saturated rings. The number of rotatable bonds is 3. The molecule has 0 radical (unpaired) electrons. The Morgan fingerprint density at radius 1 is 1.18 bits per heavy atom. The van der Waals surface area contributed by atoms with Crippen molar-refractivity contribution in [2.75, 3.05) is 5.73 Å². The third kappa shape index (κ3) is 3.24. The van der Waals surface area contributed by atoms with Crippen LogP contribution in [-0.2, 0) is 5.75 Å². The highest BCUT2D eigenvalue weighted by atomic mass is 32.2. The van der Waals surface area contributed by atoms with E-state index in [1.54, 1.807) is 6.20 Å². The molecular formula is C14H16N2S. The lowest BCUT2D eigenvalue weighted by Gasteiger charge is -2.06. The molecule has 2 nitrogen and oxygen atoms in total. The summed E-state index contributed by atoms with van der Waals surface area (Å²) in [5.41, 5.74) is 9.50. The van der Waals surface area contributed by atoms with Gasteiger partial charge in [-0.1, -0.05) is 17.7 Å². The molecular weight excluding hydrogens is 228 g/mol. The van der Waals surface area contributed by atoms with Gasteiger partial charge in [0.2, 0.25) is 0 Å². The quantitative estimate of drug-likeness (QED) is 0.839. The monoisotopic (exact) mass is 244 g/mol. The Kier molecular flexibility index (Phi) is 3.69. The van der Waals surface area contributed by atoms with Gasteiger partial charge in [0, 0.05) is 16.8 Å². The molecule has 0 saturated carbocycles. The molecule has 1 aromatic carbocycles. The Labute approximate surface area is 106 Å². The van der Waals surface area contributed by atoms with Crippen molar-refractivity contribution in [1.29, 1.82) is 0 Å². The van der Waals surface area contributed by atoms with Gasteiger partial charge in [0.1, 0.15) is 5.82 Å². The number of thioether (sulfide) groups is 1. The molecule has 0 amide bonds. The smallest absolute Gasteiger partial charge is 0.123 e. The summed E-state index contributed by atoms with van der Waals surface area (Å²) in [4.78, 5) is 5.32. The summed E-state index contributed by atoms with van der Waals surface area (Å²) in [6, 6.07) is 10.5. The maximum absolute atomic E-state index is 5.66. The average molecular weight is 244 g/mol. The van der Waals surface area contributed by atoms with E-state index >= 15 is 0 Å². The highest BCUT2D eigenvalue weighted by Crippen LogP contribution is 2.26. The zero-order valence-electron chi connectivity index (χ0n) is 10.1. The largest absolute Gasteiger partial charge is 0.384 e. The second-order valence-electron chi connectivity index (χ2n) is 4.15. The summed E-state index contributed by atoms with van der Waals surface area (Å²) in [5, 5.41) is 0. The van der Waals surface area contributed by atoms with Crippen molar-refractivity contribution in [1.82, 2.24) is 4.98 Å². The molecule has 1 aromatic heterocycles. The Morgan fingerprint density at radius 3 is 2.71 bits per heavy atom. The van der Waals surface area contributed by atoms with Gasteiger partial charge in [-0.05, 0) is 43.2 Å². The fourth-order valence-corrected chi connectivity index (χ4v) is 2.66. The van der Waals surface area contributed by atoms with Crippen LogP contribution in [0.3, 0.4) is 0 Å². The highest BCUT2D eigenvalue weighted by Gasteiger charge is 2.01. The van der Waals surface area contributed by atoms with E-state index < -0.39 is 0 Å². The Hall–Kier alpha value is -1.48. The molecule has 0 unspecified atom stereocenters. The van der Waals surface area contributed by atoms with Gasteiger partial charge in [-0.2, -0.15) is 0 Å². The van der Waals surface area contributed by atoms with Crippen LogP contribution >= 0.6 is 11.8 Å². The van der Waals surface area contributed by atoms with Crippen molar-refractivity contribution in [2.45, 2.75) is 24.5 Å². The molecule has 0 atom stereocenters. The average Bonchev–Trinajstić information content (AvgIpc) is 2.28. The molecule has 88 valence electrons. The number of hydrogen-bond donors (Lipinski definition) is 1. The SMILES string of the molecule is Cc1ccc(SCc2ccnc(N)c2)c(C)c1. The minimum Gasteiger partial charge on any atom is -0.384 e. The van der Waals surface area contributed by atoms with Gasteiger partial charge in [-0.15, -0.1) is 11.8 Å². The number of nitrogens with zero attached hydrogens (tertiary/aromatic N) is 1. The van der Waals surface area contributed by atoms with E-state index in [9.17, 15) is 0 Å². The van der Waals surface area contributed by atoms with Gasteiger partial charge in [-0.3, -0.25) is 0 Å². The van der Waals surface area contributed by atoms with Gasteiger partial charge in [0.05, 0.1) is 0 Å². The van der Waals surface area contributed by atoms with E-state index in [4.69, 9.17) is 5.73 Å². The molecule has 0 spiro atoms. The number of benzene rings is 1. The number of aromatic nitrogens is 1. The molecule has 2 N–H and O–H groups in total. The minimum absolute atomic E-state index is 0.587. The first-order chi connectivity index (χ1) is 8.15. The fourth-order valence-electron chi connectivity index (χ4n) is 1.71. The molecule has 0 aliphatic rings. The second-order valence-corrected chi connectivity index (χ2v) is 5.16. The molecule has 0 bridgehead atoms. The topological polar surface area (TPSA) is 38.9 Å². The molecule has 2 rings (SSSR count). The zero-order chi connectivity index (χ0) is 12.3. The van der Waals surface area contributed by atoms with E-state index in [2.05, 4.69) is 37.0 Å². The van der Waals surface area contributed by atoms with Crippen molar-refractivity contribution < 1.29 is 0 Å². The predicted octanol–water partition coefficient (Wildman–Crippen LogP) is 3.57. The molecule has 0 aliphatic heterocycles. The third-order valence-electron chi connectivity index (χ3n) is 2.57. The Morgan fingerprint density at radius 2 is 2.00 bits per heavy atom. The zero-order valence-corrected chi connectivity index (χ0v) is 10.9. The van der Waals surface area contributed by atoms with Gasteiger partial charge in [0.15, 0.2) is 0 Å². The molecule has 1 heterocycles. The van der Waals surface area contributed by atoms with E-state index in [1.807, 2.05) is 23.9 Å². The van der Waals surface area contributed by atoms with Crippen LogP contribution in [-0.4, -0.2) is 4.98 Å². The normalized spacial score (nSPS) is 10.5. The maximum atomic E-state index is 5.66. The van der Waals surface area contributed by atoms with E-state index in [1.165, 1.54) is 21.6 Å². The number of anilines is 1. The molecule has 3 heteroatoms. The molecule has 0 saturated heterocycles. The van der Waals surface area contributed by atoms with Crippen LogP contribution in [0.1, 0.15) is 16.7 Å². The van der Waals surface area contributed by atoms with Crippen LogP contribution in [0.15, 0.2) is 41.4 Å². The van der Waals surface area contributed by atoms with Crippen molar-refractivity contribution in [3.05, 3.63) is 53.2 Å². The summed E-state index contributed by atoms with van der Waals surface area (Å²) in [7, 11) is 0. The van der Waals surface area contributed by atoms with Crippen molar-refractivity contribution >= 4 is 17.6 Å². The Bertz CT molecular complexity index is 523. The third-order valence-corrected chi connectivity index (χ3v) is 3.82. The summed E-state index contributed by atoms with van der Waals surface area (Å²) in [6.45, 7) is 4.27. The minimum atomic E-state index is 0.587. The van der Waals surface area contributed by atoms with Crippen LogP contribution in [0.2, 0.25) is 0 Å². The second kappa shape index (κ2) is 5.23. The van der Waals surface area contributed by atoms with Crippen molar-refractivity contribution in [3.8, 4) is 0 Å². The number of pyridine rings is 1. The van der Waals surface area contributed by atoms with Crippen molar-refractivity contribution in [2.24, 2.45) is 0 Å². The first-order valence-corrected chi connectivity index (χ1v) is 6.54. The van der Waals surface area contributed by atoms with Crippen LogP contribution in [0.25, 0.3) is 0 Å². The summed E-state index contributed by atoms with van der Waals surface area (Å²) in [6.07, 6.45) is 1.76. The predicted molar refractivity (Wildman–Crippen MR) is 74.1 cm³/mol. The lowest BCUT2D eigenvalue weighted by molar-refractivity contribution is 1.24. The van der Waals surface area contributed by atoms with Gasteiger partial charge < -0.3 is 5.73 Å². The summed E-state index contributed by atoms with van der Waals surface area (Å²) < 4.78 is 0. The van der Waals surface area contributed by atoms with Crippen LogP contribution < -0.4 is 5.73 Å². The first kappa shape index (κ1) is 12.0. The van der Waals surface area contributed by atoms with Crippen LogP contribution in [0.5, 0.6) is 0 Å². The summed E-state index contributed by atoms with van der Waals surface area (Å²) >= 11 is 1.83. The van der Waals surface area contributed by atoms with E-state index in [0.717, 1.165) is 5.75 Å². The van der Waals surface area contributed by atoms with Crippen LogP contribution in [0.4, 0.5) is 5.82 Å². The molecule has 2 aromatic rings. The highest BCUT2D eigenvalue weighted by molar-refractivity contribution is 7.98. The first-order valence-electron chi connectivity index (χ1n) is 5.55. The lowest BCUT2D eigenvalue weighted by atomic mass is 10.2. The Balaban J connectivity index is 2.07. The molecule has 17 heavy (non-hydrogen) atoms. The number of aryl methyl sites for hydroxylation is 2. The van der Waals surface area contributed by atoms with Gasteiger partial charge in [-0.25, -0.2) is 4.98 Å². The van der Waals surface area contributed by atoms with E-state index in [0.29, 0.717) is 5.82 Å². The van der Waals surface area contributed by atoms with Gasteiger partial charge in [0.25, 0.3) is 0 Å². The fraction of sp³-hybridized carbons (Fsp3) is 0.214. The number of hydrogen-bond acceptors (Lipinski definition) is 3. The lowest BCUT2D eigenvalue weighted by Crippen LogP contribution is -1.91. The molecule has 0 aliphatic carbocycles. The van der Waals surface area contributed by atoms with Gasteiger partial charge >= 0.3 is 0 Å². The van der Waals surface area contributed by atoms with Crippen molar-refractivity contribution in [3.63, 3.8) is 0 Å². The maximum Gasteiger partial charge on any atom is 0.123 e. The van der Waals surface area contributed by atoms with E-state index in [-0.39, 0.29) is 0 Å². The standard InChI is InChI=1S/C14H16N2S/c1-10-3-4-13(11(2)7-10)17-9-12-5-6-16-14(15)8-12/h3-8H,9H2,1-2H3,(H2,15,16).